The number of esters is 1. The van der Waals surface area contributed by atoms with Gasteiger partial charge in [-0.1, -0.05) is 66.7 Å². The van der Waals surface area contributed by atoms with Gasteiger partial charge < -0.3 is 14.6 Å². The lowest BCUT2D eigenvalue weighted by Crippen LogP contribution is -2.41. The first-order chi connectivity index (χ1) is 16.3. The highest BCUT2D eigenvalue weighted by Gasteiger charge is 2.44. The molecule has 0 unspecified atom stereocenters. The van der Waals surface area contributed by atoms with Crippen LogP contribution < -0.4 is 9.80 Å². The Balaban J connectivity index is 1.97. The molecule has 34 heavy (non-hydrogen) atoms. The number of rotatable bonds is 5. The standard InChI is InChI=1S/C28H29NO5/c1-28(2,3)33-27(31)23-24(21-17-11-12-18-22(21)32-4)29(20-15-9-6-10-16-20)34-26(25(23)30)19-13-7-5-8-14-19/h5-18,24,26,30H,1-4H3/t24-,26+/m0/s1. The SMILES string of the molecule is COc1ccccc1[C@H]1C(C(=O)OC(C)(C)C)=C(O)[C@@H](c2ccccc2)ON1c1ccccc1. The maximum Gasteiger partial charge on any atom is 0.340 e. The zero-order chi connectivity index (χ0) is 24.3. The molecule has 1 aliphatic rings. The Morgan fingerprint density at radius 3 is 2.12 bits per heavy atom. The highest BCUT2D eigenvalue weighted by atomic mass is 16.7. The van der Waals surface area contributed by atoms with Crippen LogP contribution in [-0.4, -0.2) is 23.8 Å². The number of hydrogen-bond donors (Lipinski definition) is 1. The van der Waals surface area contributed by atoms with Crippen molar-refractivity contribution in [3.05, 3.63) is 107 Å². The molecule has 6 nitrogen and oxygen atoms in total. The van der Waals surface area contributed by atoms with Crippen molar-refractivity contribution in [1.29, 1.82) is 0 Å². The number of hydroxylamine groups is 1. The number of hydrogen-bond acceptors (Lipinski definition) is 6. The lowest BCUT2D eigenvalue weighted by molar-refractivity contribution is -0.152. The van der Waals surface area contributed by atoms with Crippen molar-refractivity contribution in [2.45, 2.75) is 38.5 Å². The van der Waals surface area contributed by atoms with Crippen molar-refractivity contribution < 1.29 is 24.2 Å². The van der Waals surface area contributed by atoms with E-state index in [0.29, 0.717) is 22.6 Å². The fourth-order valence-electron chi connectivity index (χ4n) is 3.98. The summed E-state index contributed by atoms with van der Waals surface area (Å²) in [6.07, 6.45) is -0.894. The van der Waals surface area contributed by atoms with Crippen LogP contribution in [0.2, 0.25) is 0 Å². The second-order valence-electron chi connectivity index (χ2n) is 9.00. The summed E-state index contributed by atoms with van der Waals surface area (Å²) in [7, 11) is 1.57. The minimum absolute atomic E-state index is 0.100. The first kappa shape index (κ1) is 23.4. The van der Waals surface area contributed by atoms with Crippen LogP contribution in [0.15, 0.2) is 96.3 Å². The van der Waals surface area contributed by atoms with Gasteiger partial charge in [-0.15, -0.1) is 0 Å². The number of ether oxygens (including phenoxy) is 2. The van der Waals surface area contributed by atoms with Gasteiger partial charge in [-0.25, -0.2) is 9.86 Å². The first-order valence-corrected chi connectivity index (χ1v) is 11.2. The molecule has 2 atom stereocenters. The molecule has 1 heterocycles. The molecule has 0 bridgehead atoms. The number of methoxy groups -OCH3 is 1. The van der Waals surface area contributed by atoms with Crippen molar-refractivity contribution in [3.8, 4) is 5.75 Å². The Morgan fingerprint density at radius 1 is 0.912 bits per heavy atom. The lowest BCUT2D eigenvalue weighted by Gasteiger charge is -2.41. The Bertz CT molecular complexity index is 1170. The van der Waals surface area contributed by atoms with Gasteiger partial charge in [-0.3, -0.25) is 4.84 Å². The fraction of sp³-hybridized carbons (Fsp3) is 0.250. The van der Waals surface area contributed by atoms with Crippen molar-refractivity contribution in [3.63, 3.8) is 0 Å². The molecule has 0 fully saturated rings. The van der Waals surface area contributed by atoms with Gasteiger partial charge in [-0.05, 0) is 44.5 Å². The summed E-state index contributed by atoms with van der Waals surface area (Å²) in [6.45, 7) is 5.39. The molecule has 176 valence electrons. The van der Waals surface area contributed by atoms with Gasteiger partial charge in [0.05, 0.1) is 12.8 Å². The zero-order valence-electron chi connectivity index (χ0n) is 19.8. The van der Waals surface area contributed by atoms with Gasteiger partial charge in [-0.2, -0.15) is 0 Å². The van der Waals surface area contributed by atoms with E-state index >= 15 is 0 Å². The smallest absolute Gasteiger partial charge is 0.340 e. The van der Waals surface area contributed by atoms with Crippen molar-refractivity contribution in [1.82, 2.24) is 0 Å². The minimum atomic E-state index is -0.894. The van der Waals surface area contributed by atoms with Crippen LogP contribution in [0.1, 0.15) is 44.0 Å². The average Bonchev–Trinajstić information content (AvgIpc) is 2.83. The van der Waals surface area contributed by atoms with Crippen LogP contribution in [0.3, 0.4) is 0 Å². The van der Waals surface area contributed by atoms with Crippen LogP contribution in [0.5, 0.6) is 5.75 Å². The number of carbonyl (C=O) groups excluding carboxylic acids is 1. The van der Waals surface area contributed by atoms with Gasteiger partial charge in [0.15, 0.2) is 6.10 Å². The van der Waals surface area contributed by atoms with Crippen molar-refractivity contribution >= 4 is 11.7 Å². The fourth-order valence-corrected chi connectivity index (χ4v) is 3.98. The number of aliphatic hydroxyl groups is 1. The highest BCUT2D eigenvalue weighted by molar-refractivity contribution is 5.92. The summed E-state index contributed by atoms with van der Waals surface area (Å²) in [5.41, 5.74) is 1.43. The topological polar surface area (TPSA) is 68.2 Å². The van der Waals surface area contributed by atoms with E-state index in [1.54, 1.807) is 32.9 Å². The van der Waals surface area contributed by atoms with Crippen LogP contribution >= 0.6 is 0 Å². The van der Waals surface area contributed by atoms with E-state index in [2.05, 4.69) is 0 Å². The Hall–Kier alpha value is -3.77. The molecule has 0 saturated carbocycles. The molecule has 0 amide bonds. The number of carbonyl (C=O) groups is 1. The molecule has 0 aliphatic carbocycles. The molecular formula is C28H29NO5. The molecule has 0 aromatic heterocycles. The maximum atomic E-state index is 13.6. The second-order valence-corrected chi connectivity index (χ2v) is 9.00. The largest absolute Gasteiger partial charge is 0.508 e. The van der Waals surface area contributed by atoms with Crippen LogP contribution in [0, 0.1) is 0 Å². The summed E-state index contributed by atoms with van der Waals surface area (Å²) in [5, 5.41) is 13.1. The lowest BCUT2D eigenvalue weighted by atomic mass is 9.91. The maximum absolute atomic E-state index is 13.6. The van der Waals surface area contributed by atoms with E-state index in [9.17, 15) is 9.90 Å². The molecule has 0 spiro atoms. The third-order valence-corrected chi connectivity index (χ3v) is 5.42. The third kappa shape index (κ3) is 4.77. The van der Waals surface area contributed by atoms with Gasteiger partial charge in [0, 0.05) is 5.56 Å². The third-order valence-electron chi connectivity index (χ3n) is 5.42. The summed E-state index contributed by atoms with van der Waals surface area (Å²) in [6, 6.07) is 25.3. The molecule has 0 saturated heterocycles. The molecule has 6 heteroatoms. The van der Waals surface area contributed by atoms with Crippen molar-refractivity contribution in [2.24, 2.45) is 0 Å². The molecular weight excluding hydrogens is 430 g/mol. The Kier molecular flexibility index (Phi) is 6.61. The second kappa shape index (κ2) is 9.61. The predicted octanol–water partition coefficient (Wildman–Crippen LogP) is 6.08. The van der Waals surface area contributed by atoms with Crippen LogP contribution in [-0.2, 0) is 14.4 Å². The molecule has 3 aromatic rings. The quantitative estimate of drug-likeness (QED) is 0.466. The van der Waals surface area contributed by atoms with Gasteiger partial charge in [0.2, 0.25) is 0 Å². The summed E-state index contributed by atoms with van der Waals surface area (Å²) in [4.78, 5) is 20.0. The van der Waals surface area contributed by atoms with E-state index < -0.39 is 23.7 Å². The number of benzene rings is 3. The van der Waals surface area contributed by atoms with Gasteiger partial charge in [0.1, 0.15) is 28.7 Å². The monoisotopic (exact) mass is 459 g/mol. The molecule has 1 aliphatic heterocycles. The molecule has 0 radical (unpaired) electrons. The molecule has 3 aromatic carbocycles. The average molecular weight is 460 g/mol. The summed E-state index contributed by atoms with van der Waals surface area (Å²) < 4.78 is 11.4. The Morgan fingerprint density at radius 2 is 1.50 bits per heavy atom. The van der Waals surface area contributed by atoms with E-state index in [0.717, 1.165) is 0 Å². The normalized spacial score (nSPS) is 18.5. The molecule has 1 N–H and O–H groups in total. The van der Waals surface area contributed by atoms with E-state index in [1.807, 2.05) is 84.9 Å². The van der Waals surface area contributed by atoms with E-state index in [1.165, 1.54) is 0 Å². The predicted molar refractivity (Wildman–Crippen MR) is 130 cm³/mol. The highest BCUT2D eigenvalue weighted by Crippen LogP contribution is 2.47. The minimum Gasteiger partial charge on any atom is -0.508 e. The van der Waals surface area contributed by atoms with Crippen LogP contribution in [0.25, 0.3) is 0 Å². The van der Waals surface area contributed by atoms with Gasteiger partial charge in [0.25, 0.3) is 0 Å². The number of nitrogens with zero attached hydrogens (tertiary/aromatic N) is 1. The number of aliphatic hydroxyl groups excluding tert-OH is 1. The van der Waals surface area contributed by atoms with E-state index in [4.69, 9.17) is 14.3 Å². The van der Waals surface area contributed by atoms with E-state index in [-0.39, 0.29) is 11.3 Å². The number of para-hydroxylation sites is 2. The van der Waals surface area contributed by atoms with Gasteiger partial charge >= 0.3 is 5.97 Å². The van der Waals surface area contributed by atoms with Crippen LogP contribution in [0.4, 0.5) is 5.69 Å². The zero-order valence-corrected chi connectivity index (χ0v) is 19.8. The first-order valence-electron chi connectivity index (χ1n) is 11.2. The Labute approximate surface area is 200 Å². The summed E-state index contributed by atoms with van der Waals surface area (Å²) in [5.74, 6) is -0.251. The number of anilines is 1. The molecule has 4 rings (SSSR count). The summed E-state index contributed by atoms with van der Waals surface area (Å²) >= 11 is 0. The van der Waals surface area contributed by atoms with Crippen molar-refractivity contribution in [2.75, 3.05) is 12.2 Å².